The van der Waals surface area contributed by atoms with Crippen molar-refractivity contribution in [2.45, 2.75) is 46.1 Å². The highest BCUT2D eigenvalue weighted by Crippen LogP contribution is 2.26. The summed E-state index contributed by atoms with van der Waals surface area (Å²) in [4.78, 5) is 26.6. The van der Waals surface area contributed by atoms with Gasteiger partial charge in [-0.15, -0.1) is 0 Å². The van der Waals surface area contributed by atoms with Crippen LogP contribution in [0.4, 0.5) is 5.69 Å². The summed E-state index contributed by atoms with van der Waals surface area (Å²) in [5.41, 5.74) is 3.76. The van der Waals surface area contributed by atoms with E-state index in [1.807, 2.05) is 67.3 Å². The number of para-hydroxylation sites is 1. The largest absolute Gasteiger partial charge is 0.307 e. The average Bonchev–Trinajstić information content (AvgIpc) is 2.66. The second kappa shape index (κ2) is 8.68. The number of hydrogen-bond donors (Lipinski definition) is 0. The van der Waals surface area contributed by atoms with Gasteiger partial charge in [-0.05, 0) is 36.6 Å². The van der Waals surface area contributed by atoms with Gasteiger partial charge in [-0.1, -0.05) is 56.0 Å². The molecule has 27 heavy (non-hydrogen) atoms. The van der Waals surface area contributed by atoms with E-state index < -0.39 is 0 Å². The number of carbonyl (C=O) groups is 2. The van der Waals surface area contributed by atoms with E-state index in [1.54, 1.807) is 0 Å². The van der Waals surface area contributed by atoms with E-state index >= 15 is 0 Å². The lowest BCUT2D eigenvalue weighted by atomic mass is 10.0. The van der Waals surface area contributed by atoms with Gasteiger partial charge in [0.2, 0.25) is 5.91 Å². The van der Waals surface area contributed by atoms with Crippen molar-refractivity contribution in [1.82, 2.24) is 0 Å². The molecule has 3 nitrogen and oxygen atoms in total. The van der Waals surface area contributed by atoms with Gasteiger partial charge in [0, 0.05) is 29.9 Å². The van der Waals surface area contributed by atoms with Crippen molar-refractivity contribution in [2.75, 3.05) is 4.90 Å². The minimum absolute atomic E-state index is 0.0667. The molecule has 3 heteroatoms. The molecular formula is C24H25NO2. The normalized spacial score (nSPS) is 12.3. The molecule has 0 fully saturated rings. The first-order chi connectivity index (χ1) is 13.1. The number of anilines is 1. The molecule has 138 valence electrons. The van der Waals surface area contributed by atoms with Crippen LogP contribution >= 0.6 is 0 Å². The van der Waals surface area contributed by atoms with Crippen LogP contribution in [0.15, 0.2) is 48.5 Å². The molecule has 1 aliphatic rings. The number of unbranched alkanes of at least 4 members (excludes halogenated alkanes) is 1. The van der Waals surface area contributed by atoms with Gasteiger partial charge in [-0.25, -0.2) is 0 Å². The first kappa shape index (κ1) is 18.9. The van der Waals surface area contributed by atoms with Gasteiger partial charge in [0.1, 0.15) is 5.78 Å². The Hall–Kier alpha value is -2.86. The Bertz CT molecular complexity index is 902. The van der Waals surface area contributed by atoms with E-state index in [0.29, 0.717) is 19.4 Å². The zero-order valence-corrected chi connectivity index (χ0v) is 16.0. The molecule has 0 radical (unpaired) electrons. The Labute approximate surface area is 161 Å². The molecule has 0 atom stereocenters. The minimum atomic E-state index is 0.0667. The van der Waals surface area contributed by atoms with Gasteiger partial charge >= 0.3 is 0 Å². The number of Topliss-reactive ketones (excluding diaryl/α,β-unsaturated/α-hetero) is 1. The fraction of sp³-hybridized carbons (Fsp3) is 0.333. The van der Waals surface area contributed by atoms with Gasteiger partial charge in [-0.2, -0.15) is 0 Å². The van der Waals surface area contributed by atoms with Gasteiger partial charge in [0.05, 0.1) is 12.2 Å². The summed E-state index contributed by atoms with van der Waals surface area (Å²) in [6.45, 7) is 4.36. The van der Waals surface area contributed by atoms with Crippen molar-refractivity contribution >= 4 is 17.4 Å². The van der Waals surface area contributed by atoms with Crippen LogP contribution in [0.1, 0.15) is 56.2 Å². The first-order valence-corrected chi connectivity index (χ1v) is 9.58. The predicted molar refractivity (Wildman–Crippen MR) is 108 cm³/mol. The first-order valence-electron chi connectivity index (χ1n) is 9.58. The standard InChI is InChI=1S/C24H25NO2/c1-18(2)23(26)13-7-8-14-24(27)25-17-21-11-4-3-9-19(21)15-16-20-10-5-6-12-22(20)25/h3-6,9-12,18H,7-8,13-14,17H2,1-2H3. The van der Waals surface area contributed by atoms with Crippen LogP contribution in [-0.4, -0.2) is 11.7 Å². The predicted octanol–water partition coefficient (Wildman–Crippen LogP) is 4.72. The number of fused-ring (bicyclic) bond motifs is 2. The second-order valence-electron chi connectivity index (χ2n) is 7.23. The molecule has 1 aliphatic heterocycles. The third kappa shape index (κ3) is 4.65. The number of nitrogens with zero attached hydrogens (tertiary/aromatic N) is 1. The highest BCUT2D eigenvalue weighted by atomic mass is 16.2. The second-order valence-corrected chi connectivity index (χ2v) is 7.23. The maximum absolute atomic E-state index is 13.0. The molecule has 2 aromatic rings. The topological polar surface area (TPSA) is 37.4 Å². The summed E-state index contributed by atoms with van der Waals surface area (Å²) < 4.78 is 0. The fourth-order valence-electron chi connectivity index (χ4n) is 3.21. The van der Waals surface area contributed by atoms with Crippen molar-refractivity contribution in [3.8, 4) is 11.8 Å². The average molecular weight is 359 g/mol. The molecule has 0 bridgehead atoms. The zero-order chi connectivity index (χ0) is 19.2. The summed E-state index contributed by atoms with van der Waals surface area (Å²) in [5.74, 6) is 6.86. The molecule has 3 rings (SSSR count). The minimum Gasteiger partial charge on any atom is -0.307 e. The van der Waals surface area contributed by atoms with Crippen LogP contribution in [0.3, 0.4) is 0 Å². The van der Waals surface area contributed by atoms with Crippen LogP contribution in [0.5, 0.6) is 0 Å². The van der Waals surface area contributed by atoms with E-state index in [2.05, 4.69) is 11.8 Å². The fourth-order valence-corrected chi connectivity index (χ4v) is 3.21. The number of hydrogen-bond acceptors (Lipinski definition) is 2. The quantitative estimate of drug-likeness (QED) is 0.553. The van der Waals surface area contributed by atoms with Crippen molar-refractivity contribution in [3.05, 3.63) is 65.2 Å². The monoisotopic (exact) mass is 359 g/mol. The summed E-state index contributed by atoms with van der Waals surface area (Å²) in [5, 5.41) is 0. The molecule has 0 aliphatic carbocycles. The van der Waals surface area contributed by atoms with Crippen molar-refractivity contribution in [1.29, 1.82) is 0 Å². The van der Waals surface area contributed by atoms with Crippen molar-refractivity contribution in [3.63, 3.8) is 0 Å². The van der Waals surface area contributed by atoms with E-state index in [4.69, 9.17) is 0 Å². The Morgan fingerprint density at radius 1 is 0.926 bits per heavy atom. The van der Waals surface area contributed by atoms with Crippen LogP contribution in [-0.2, 0) is 16.1 Å². The Balaban J connectivity index is 1.77. The van der Waals surface area contributed by atoms with E-state index in [9.17, 15) is 9.59 Å². The number of carbonyl (C=O) groups excluding carboxylic acids is 2. The molecule has 0 N–H and O–H groups in total. The van der Waals surface area contributed by atoms with E-state index in [-0.39, 0.29) is 17.6 Å². The van der Waals surface area contributed by atoms with Crippen molar-refractivity contribution < 1.29 is 9.59 Å². The molecule has 0 spiro atoms. The number of ketones is 1. The lowest BCUT2D eigenvalue weighted by Gasteiger charge is -2.26. The lowest BCUT2D eigenvalue weighted by molar-refractivity contribution is -0.122. The Morgan fingerprint density at radius 3 is 2.33 bits per heavy atom. The zero-order valence-electron chi connectivity index (χ0n) is 16.0. The summed E-state index contributed by atoms with van der Waals surface area (Å²) in [6.07, 6.45) is 2.48. The number of rotatable bonds is 6. The molecule has 0 unspecified atom stereocenters. The summed E-state index contributed by atoms with van der Waals surface area (Å²) in [6, 6.07) is 15.8. The molecule has 0 saturated carbocycles. The van der Waals surface area contributed by atoms with Crippen molar-refractivity contribution in [2.24, 2.45) is 5.92 Å². The molecular weight excluding hydrogens is 334 g/mol. The third-order valence-corrected chi connectivity index (χ3v) is 4.88. The van der Waals surface area contributed by atoms with Crippen LogP contribution in [0.2, 0.25) is 0 Å². The lowest BCUT2D eigenvalue weighted by Crippen LogP contribution is -2.31. The van der Waals surface area contributed by atoms with Crippen LogP contribution < -0.4 is 4.90 Å². The molecule has 0 saturated heterocycles. The maximum Gasteiger partial charge on any atom is 0.227 e. The molecule has 2 aromatic carbocycles. The summed E-state index contributed by atoms with van der Waals surface area (Å²) in [7, 11) is 0. The van der Waals surface area contributed by atoms with Gasteiger partial charge in [-0.3, -0.25) is 9.59 Å². The van der Waals surface area contributed by atoms with Gasteiger partial charge in [0.25, 0.3) is 0 Å². The molecule has 0 aromatic heterocycles. The van der Waals surface area contributed by atoms with Crippen LogP contribution in [0.25, 0.3) is 0 Å². The van der Waals surface area contributed by atoms with E-state index in [1.165, 1.54) is 0 Å². The SMILES string of the molecule is CC(C)C(=O)CCCCC(=O)N1Cc2ccccc2C#Cc2ccccc21. The smallest absolute Gasteiger partial charge is 0.227 e. The highest BCUT2D eigenvalue weighted by molar-refractivity contribution is 5.95. The van der Waals surface area contributed by atoms with Gasteiger partial charge < -0.3 is 4.90 Å². The number of amides is 1. The highest BCUT2D eigenvalue weighted by Gasteiger charge is 2.20. The molecule has 1 heterocycles. The summed E-state index contributed by atoms with van der Waals surface area (Å²) >= 11 is 0. The number of benzene rings is 2. The van der Waals surface area contributed by atoms with Crippen LogP contribution in [0, 0.1) is 17.8 Å². The third-order valence-electron chi connectivity index (χ3n) is 4.88. The maximum atomic E-state index is 13.0. The molecule has 1 amide bonds. The Morgan fingerprint density at radius 2 is 1.56 bits per heavy atom. The Kier molecular flexibility index (Phi) is 6.08. The van der Waals surface area contributed by atoms with Gasteiger partial charge in [0.15, 0.2) is 0 Å². The van der Waals surface area contributed by atoms with E-state index in [0.717, 1.165) is 35.2 Å².